The number of carbonyl (C=O) groups is 1. The molecule has 3 rings (SSSR count). The molecule has 0 aliphatic heterocycles. The van der Waals surface area contributed by atoms with Crippen LogP contribution in [0.3, 0.4) is 0 Å². The number of rotatable bonds is 5. The maximum absolute atomic E-state index is 12.5. The van der Waals surface area contributed by atoms with Crippen LogP contribution in [0.25, 0.3) is 0 Å². The van der Waals surface area contributed by atoms with Crippen LogP contribution in [0.15, 0.2) is 48.5 Å². The van der Waals surface area contributed by atoms with Crippen molar-refractivity contribution in [2.45, 2.75) is 25.8 Å². The second-order valence-electron chi connectivity index (χ2n) is 6.01. The Hall–Kier alpha value is -2.69. The summed E-state index contributed by atoms with van der Waals surface area (Å²) < 4.78 is 0. The summed E-state index contributed by atoms with van der Waals surface area (Å²) in [4.78, 5) is 22.8. The standard InChI is InChI=1S/C18H18N2O3/c1-12-5-7-13(8-6-12)17(14-9-10-14)19-18(21)15-3-2-4-16(11-15)20(22)23/h2-8,11,14,17H,9-10H2,1H3,(H,19,21)/t17-/m1/s1. The van der Waals surface area contributed by atoms with Crippen LogP contribution in [0.5, 0.6) is 0 Å². The Labute approximate surface area is 134 Å². The molecule has 5 nitrogen and oxygen atoms in total. The fourth-order valence-electron chi connectivity index (χ4n) is 2.66. The number of carbonyl (C=O) groups excluding carboxylic acids is 1. The first kappa shape index (κ1) is 15.2. The van der Waals surface area contributed by atoms with E-state index in [1.54, 1.807) is 6.07 Å². The van der Waals surface area contributed by atoms with Gasteiger partial charge in [-0.1, -0.05) is 35.9 Å². The molecule has 2 aromatic carbocycles. The van der Waals surface area contributed by atoms with Crippen molar-refractivity contribution in [3.63, 3.8) is 0 Å². The summed E-state index contributed by atoms with van der Waals surface area (Å²) in [6.07, 6.45) is 2.18. The molecule has 1 aliphatic carbocycles. The van der Waals surface area contributed by atoms with Gasteiger partial charge in [0.25, 0.3) is 11.6 Å². The van der Waals surface area contributed by atoms with Crippen LogP contribution in [-0.4, -0.2) is 10.8 Å². The summed E-state index contributed by atoms with van der Waals surface area (Å²) in [7, 11) is 0. The number of non-ortho nitro benzene ring substituents is 1. The molecule has 1 amide bonds. The van der Waals surface area contributed by atoms with Gasteiger partial charge in [-0.05, 0) is 37.3 Å². The smallest absolute Gasteiger partial charge is 0.270 e. The first-order valence-corrected chi connectivity index (χ1v) is 7.66. The third-order valence-corrected chi connectivity index (χ3v) is 4.14. The van der Waals surface area contributed by atoms with E-state index in [0.29, 0.717) is 11.5 Å². The number of amides is 1. The highest BCUT2D eigenvalue weighted by molar-refractivity contribution is 5.95. The lowest BCUT2D eigenvalue weighted by atomic mass is 10.0. The van der Waals surface area contributed by atoms with Crippen molar-refractivity contribution in [3.8, 4) is 0 Å². The molecule has 0 bridgehead atoms. The fourth-order valence-corrected chi connectivity index (χ4v) is 2.66. The lowest BCUT2D eigenvalue weighted by Gasteiger charge is -2.19. The van der Waals surface area contributed by atoms with Crippen LogP contribution in [0, 0.1) is 23.0 Å². The Morgan fingerprint density at radius 3 is 2.52 bits per heavy atom. The van der Waals surface area contributed by atoms with Gasteiger partial charge in [-0.15, -0.1) is 0 Å². The Morgan fingerprint density at radius 1 is 1.22 bits per heavy atom. The van der Waals surface area contributed by atoms with E-state index < -0.39 is 4.92 Å². The van der Waals surface area contributed by atoms with E-state index >= 15 is 0 Å². The van der Waals surface area contributed by atoms with Crippen molar-refractivity contribution in [3.05, 3.63) is 75.3 Å². The van der Waals surface area contributed by atoms with Gasteiger partial charge >= 0.3 is 0 Å². The van der Waals surface area contributed by atoms with Crippen LogP contribution < -0.4 is 5.32 Å². The summed E-state index contributed by atoms with van der Waals surface area (Å²) in [6, 6.07) is 13.9. The molecule has 1 saturated carbocycles. The van der Waals surface area contributed by atoms with Crippen molar-refractivity contribution >= 4 is 11.6 Å². The van der Waals surface area contributed by atoms with Gasteiger partial charge in [0.05, 0.1) is 11.0 Å². The predicted molar refractivity (Wildman–Crippen MR) is 87.2 cm³/mol. The van der Waals surface area contributed by atoms with Gasteiger partial charge in [-0.3, -0.25) is 14.9 Å². The van der Waals surface area contributed by atoms with Gasteiger partial charge in [0.15, 0.2) is 0 Å². The summed E-state index contributed by atoms with van der Waals surface area (Å²) in [5.41, 5.74) is 2.50. The van der Waals surface area contributed by atoms with Crippen molar-refractivity contribution in [1.82, 2.24) is 5.32 Å². The highest BCUT2D eigenvalue weighted by Crippen LogP contribution is 2.41. The molecular formula is C18H18N2O3. The van der Waals surface area contributed by atoms with Gasteiger partial charge in [-0.2, -0.15) is 0 Å². The van der Waals surface area contributed by atoms with Gasteiger partial charge in [0, 0.05) is 17.7 Å². The van der Waals surface area contributed by atoms with Crippen molar-refractivity contribution in [2.24, 2.45) is 5.92 Å². The van der Waals surface area contributed by atoms with Gasteiger partial charge in [0.2, 0.25) is 0 Å². The molecule has 0 aromatic heterocycles. The number of benzene rings is 2. The number of hydrogen-bond acceptors (Lipinski definition) is 3. The number of nitro benzene ring substituents is 1. The second-order valence-corrected chi connectivity index (χ2v) is 6.01. The minimum atomic E-state index is -0.491. The first-order valence-electron chi connectivity index (χ1n) is 7.66. The topological polar surface area (TPSA) is 72.2 Å². The lowest BCUT2D eigenvalue weighted by molar-refractivity contribution is -0.384. The monoisotopic (exact) mass is 310 g/mol. The van der Waals surface area contributed by atoms with Crippen molar-refractivity contribution in [1.29, 1.82) is 0 Å². The molecule has 2 aromatic rings. The summed E-state index contributed by atoms with van der Waals surface area (Å²) in [5.74, 6) is 0.173. The molecule has 1 fully saturated rings. The molecule has 0 unspecified atom stereocenters. The SMILES string of the molecule is Cc1ccc([C@@H](NC(=O)c2cccc([N+](=O)[O-])c2)C2CC2)cc1. The number of nitrogens with one attached hydrogen (secondary N) is 1. The fraction of sp³-hybridized carbons (Fsp3) is 0.278. The largest absolute Gasteiger partial charge is 0.345 e. The number of hydrogen-bond donors (Lipinski definition) is 1. The molecular weight excluding hydrogens is 292 g/mol. The average Bonchev–Trinajstić information content (AvgIpc) is 3.38. The molecule has 0 radical (unpaired) electrons. The average molecular weight is 310 g/mol. The van der Waals surface area contributed by atoms with Crippen LogP contribution >= 0.6 is 0 Å². The Morgan fingerprint density at radius 2 is 1.91 bits per heavy atom. The molecule has 1 aliphatic rings. The predicted octanol–water partition coefficient (Wildman–Crippen LogP) is 3.78. The Kier molecular flexibility index (Phi) is 4.10. The van der Waals surface area contributed by atoms with E-state index in [9.17, 15) is 14.9 Å². The molecule has 0 saturated heterocycles. The molecule has 5 heteroatoms. The number of nitro groups is 1. The second kappa shape index (κ2) is 6.20. The van der Waals surface area contributed by atoms with Crippen molar-refractivity contribution < 1.29 is 9.72 Å². The van der Waals surface area contributed by atoms with E-state index in [0.717, 1.165) is 18.4 Å². The van der Waals surface area contributed by atoms with Crippen LogP contribution in [-0.2, 0) is 0 Å². The number of nitrogens with zero attached hydrogens (tertiary/aromatic N) is 1. The minimum absolute atomic E-state index is 0.0395. The maximum Gasteiger partial charge on any atom is 0.270 e. The summed E-state index contributed by atoms with van der Waals surface area (Å²) in [6.45, 7) is 2.03. The van der Waals surface area contributed by atoms with E-state index in [-0.39, 0.29) is 17.6 Å². The van der Waals surface area contributed by atoms with E-state index in [4.69, 9.17) is 0 Å². The van der Waals surface area contributed by atoms with Gasteiger partial charge < -0.3 is 5.32 Å². The van der Waals surface area contributed by atoms with Crippen LogP contribution in [0.2, 0.25) is 0 Å². The van der Waals surface area contributed by atoms with Gasteiger partial charge in [0.1, 0.15) is 0 Å². The Bertz CT molecular complexity index is 736. The zero-order chi connectivity index (χ0) is 16.4. The molecule has 0 heterocycles. The quantitative estimate of drug-likeness (QED) is 0.674. The third-order valence-electron chi connectivity index (χ3n) is 4.14. The third kappa shape index (κ3) is 3.56. The highest BCUT2D eigenvalue weighted by Gasteiger charge is 2.33. The Balaban J connectivity index is 1.80. The highest BCUT2D eigenvalue weighted by atomic mass is 16.6. The van der Waals surface area contributed by atoms with Gasteiger partial charge in [-0.25, -0.2) is 0 Å². The zero-order valence-electron chi connectivity index (χ0n) is 12.9. The van der Waals surface area contributed by atoms with E-state index in [2.05, 4.69) is 5.32 Å². The first-order chi connectivity index (χ1) is 11.0. The number of aryl methyl sites for hydroxylation is 1. The maximum atomic E-state index is 12.5. The van der Waals surface area contributed by atoms with Crippen molar-refractivity contribution in [2.75, 3.05) is 0 Å². The van der Waals surface area contributed by atoms with E-state index in [1.165, 1.54) is 23.8 Å². The summed E-state index contributed by atoms with van der Waals surface area (Å²) >= 11 is 0. The molecule has 1 N–H and O–H groups in total. The molecule has 23 heavy (non-hydrogen) atoms. The molecule has 118 valence electrons. The molecule has 1 atom stereocenters. The summed E-state index contributed by atoms with van der Waals surface area (Å²) in [5, 5.41) is 13.9. The molecule has 0 spiro atoms. The van der Waals surface area contributed by atoms with Crippen LogP contribution in [0.4, 0.5) is 5.69 Å². The zero-order valence-corrected chi connectivity index (χ0v) is 12.9. The van der Waals surface area contributed by atoms with Crippen LogP contribution in [0.1, 0.15) is 40.4 Å². The normalized spacial score (nSPS) is 15.0. The lowest BCUT2D eigenvalue weighted by Crippen LogP contribution is -2.29. The van der Waals surface area contributed by atoms with E-state index in [1.807, 2.05) is 31.2 Å². The minimum Gasteiger partial charge on any atom is -0.345 e.